The van der Waals surface area contributed by atoms with Crippen molar-refractivity contribution in [1.82, 2.24) is 14.7 Å². The summed E-state index contributed by atoms with van der Waals surface area (Å²) in [6, 6.07) is 7.90. The minimum atomic E-state index is -0.463. The van der Waals surface area contributed by atoms with Crippen molar-refractivity contribution < 1.29 is 9.72 Å². The number of amides is 1. The first kappa shape index (κ1) is 17.1. The quantitative estimate of drug-likeness (QED) is 0.674. The molecule has 1 aromatic carbocycles. The molecule has 2 aromatic rings. The SMILES string of the molecule is CC1CCN(C(=O)c2ccn(-c3ccccc3[N+](=O)[O-])n2)C(CN)C1. The zero-order chi connectivity index (χ0) is 18.0. The Hall–Kier alpha value is -2.74. The van der Waals surface area contributed by atoms with E-state index in [2.05, 4.69) is 12.0 Å². The van der Waals surface area contributed by atoms with Gasteiger partial charge in [-0.15, -0.1) is 0 Å². The summed E-state index contributed by atoms with van der Waals surface area (Å²) in [7, 11) is 0. The Morgan fingerprint density at radius 2 is 2.16 bits per heavy atom. The molecule has 1 aliphatic heterocycles. The molecule has 132 valence electrons. The topological polar surface area (TPSA) is 107 Å². The number of rotatable bonds is 4. The molecule has 8 heteroatoms. The van der Waals surface area contributed by atoms with Crippen molar-refractivity contribution in [2.45, 2.75) is 25.8 Å². The molecule has 0 saturated carbocycles. The summed E-state index contributed by atoms with van der Waals surface area (Å²) in [6.45, 7) is 3.23. The number of nitro benzene ring substituents is 1. The highest BCUT2D eigenvalue weighted by Crippen LogP contribution is 2.25. The molecular formula is C17H21N5O3. The highest BCUT2D eigenvalue weighted by molar-refractivity contribution is 5.92. The molecule has 0 radical (unpaired) electrons. The van der Waals surface area contributed by atoms with E-state index >= 15 is 0 Å². The number of carbonyl (C=O) groups is 1. The van der Waals surface area contributed by atoms with Crippen LogP contribution in [0.25, 0.3) is 5.69 Å². The third-order valence-electron chi connectivity index (χ3n) is 4.64. The maximum atomic E-state index is 12.8. The van der Waals surface area contributed by atoms with E-state index in [1.807, 2.05) is 0 Å². The van der Waals surface area contributed by atoms with E-state index in [-0.39, 0.29) is 23.3 Å². The fourth-order valence-electron chi connectivity index (χ4n) is 3.27. The number of aromatic nitrogens is 2. The second kappa shape index (κ2) is 7.02. The molecule has 2 N–H and O–H groups in total. The van der Waals surface area contributed by atoms with Crippen LogP contribution in [-0.4, -0.2) is 44.6 Å². The van der Waals surface area contributed by atoms with Gasteiger partial charge in [-0.2, -0.15) is 5.10 Å². The number of benzene rings is 1. The van der Waals surface area contributed by atoms with Gasteiger partial charge in [-0.3, -0.25) is 14.9 Å². The number of likely N-dealkylation sites (tertiary alicyclic amines) is 1. The second-order valence-corrected chi connectivity index (χ2v) is 6.41. The first-order valence-corrected chi connectivity index (χ1v) is 8.31. The molecule has 2 atom stereocenters. The molecule has 2 heterocycles. The maximum Gasteiger partial charge on any atom is 0.294 e. The monoisotopic (exact) mass is 343 g/mol. The highest BCUT2D eigenvalue weighted by Gasteiger charge is 2.30. The van der Waals surface area contributed by atoms with E-state index < -0.39 is 4.92 Å². The standard InChI is InChI=1S/C17H21N5O3/c1-12-6-8-20(13(10-12)11-18)17(23)14-7-9-21(19-14)15-4-2-3-5-16(15)22(24)25/h2-5,7,9,12-13H,6,8,10-11,18H2,1H3. The van der Waals surface area contributed by atoms with Gasteiger partial charge >= 0.3 is 0 Å². The van der Waals surface area contributed by atoms with Crippen LogP contribution in [0.5, 0.6) is 0 Å². The number of nitrogens with zero attached hydrogens (tertiary/aromatic N) is 4. The lowest BCUT2D eigenvalue weighted by molar-refractivity contribution is -0.384. The van der Waals surface area contributed by atoms with Crippen molar-refractivity contribution in [1.29, 1.82) is 0 Å². The Morgan fingerprint density at radius 3 is 2.88 bits per heavy atom. The minimum absolute atomic E-state index is 0.00691. The Bertz CT molecular complexity index is 788. The van der Waals surface area contributed by atoms with Crippen molar-refractivity contribution in [3.63, 3.8) is 0 Å². The summed E-state index contributed by atoms with van der Waals surface area (Å²) in [6.07, 6.45) is 3.39. The molecule has 0 bridgehead atoms. The van der Waals surface area contributed by atoms with E-state index in [9.17, 15) is 14.9 Å². The van der Waals surface area contributed by atoms with Crippen LogP contribution in [0, 0.1) is 16.0 Å². The summed E-state index contributed by atoms with van der Waals surface area (Å²) < 4.78 is 1.37. The van der Waals surface area contributed by atoms with Crippen LogP contribution >= 0.6 is 0 Å². The molecule has 0 spiro atoms. The predicted molar refractivity (Wildman–Crippen MR) is 92.5 cm³/mol. The molecule has 0 aliphatic carbocycles. The van der Waals surface area contributed by atoms with Gasteiger partial charge in [0, 0.05) is 31.4 Å². The third kappa shape index (κ3) is 3.39. The largest absolute Gasteiger partial charge is 0.333 e. The van der Waals surface area contributed by atoms with Crippen LogP contribution in [0.15, 0.2) is 36.5 Å². The Balaban J connectivity index is 1.87. The van der Waals surface area contributed by atoms with Crippen LogP contribution in [0.3, 0.4) is 0 Å². The van der Waals surface area contributed by atoms with Crippen molar-refractivity contribution in [3.8, 4) is 5.69 Å². The van der Waals surface area contributed by atoms with Crippen LogP contribution in [0.4, 0.5) is 5.69 Å². The zero-order valence-corrected chi connectivity index (χ0v) is 14.0. The van der Waals surface area contributed by atoms with Crippen molar-refractivity contribution >= 4 is 11.6 Å². The van der Waals surface area contributed by atoms with Gasteiger partial charge in [0.1, 0.15) is 5.69 Å². The van der Waals surface area contributed by atoms with Gasteiger partial charge in [0.25, 0.3) is 11.6 Å². The summed E-state index contributed by atoms with van der Waals surface area (Å²) in [5.74, 6) is 0.363. The van der Waals surface area contributed by atoms with E-state index in [0.717, 1.165) is 12.8 Å². The first-order chi connectivity index (χ1) is 12.0. The maximum absolute atomic E-state index is 12.8. The lowest BCUT2D eigenvalue weighted by Crippen LogP contribution is -2.49. The first-order valence-electron chi connectivity index (χ1n) is 8.31. The molecule has 25 heavy (non-hydrogen) atoms. The number of hydrogen-bond acceptors (Lipinski definition) is 5. The van der Waals surface area contributed by atoms with Gasteiger partial charge in [0.05, 0.1) is 4.92 Å². The van der Waals surface area contributed by atoms with E-state index in [1.165, 1.54) is 10.7 Å². The van der Waals surface area contributed by atoms with Crippen LogP contribution < -0.4 is 5.73 Å². The van der Waals surface area contributed by atoms with Crippen molar-refractivity contribution in [2.24, 2.45) is 11.7 Å². The van der Waals surface area contributed by atoms with Crippen molar-refractivity contribution in [3.05, 3.63) is 52.3 Å². The lowest BCUT2D eigenvalue weighted by Gasteiger charge is -2.37. The number of nitro groups is 1. The summed E-state index contributed by atoms with van der Waals surface area (Å²) >= 11 is 0. The van der Waals surface area contributed by atoms with Gasteiger partial charge in [0.2, 0.25) is 0 Å². The Labute approximate surface area is 145 Å². The fraction of sp³-hybridized carbons (Fsp3) is 0.412. The molecule has 3 rings (SSSR count). The minimum Gasteiger partial charge on any atom is -0.333 e. The molecule has 1 amide bonds. The van der Waals surface area contributed by atoms with Crippen LogP contribution in [0.1, 0.15) is 30.3 Å². The summed E-state index contributed by atoms with van der Waals surface area (Å²) in [5, 5.41) is 15.4. The van der Waals surface area contributed by atoms with Crippen LogP contribution in [0.2, 0.25) is 0 Å². The average molecular weight is 343 g/mol. The second-order valence-electron chi connectivity index (χ2n) is 6.41. The van der Waals surface area contributed by atoms with E-state index in [0.29, 0.717) is 24.7 Å². The molecule has 8 nitrogen and oxygen atoms in total. The highest BCUT2D eigenvalue weighted by atomic mass is 16.6. The number of nitrogens with two attached hydrogens (primary N) is 1. The molecular weight excluding hydrogens is 322 g/mol. The van der Waals surface area contributed by atoms with Crippen LogP contribution in [-0.2, 0) is 0 Å². The number of piperidine rings is 1. The van der Waals surface area contributed by atoms with Gasteiger partial charge in [-0.05, 0) is 30.9 Å². The van der Waals surface area contributed by atoms with Gasteiger partial charge < -0.3 is 10.6 Å². The normalized spacial score (nSPS) is 20.5. The number of carbonyl (C=O) groups excluding carboxylic acids is 1. The summed E-state index contributed by atoms with van der Waals surface area (Å²) in [4.78, 5) is 25.3. The van der Waals surface area contributed by atoms with E-state index in [4.69, 9.17) is 5.73 Å². The number of hydrogen-bond donors (Lipinski definition) is 1. The average Bonchev–Trinajstić information content (AvgIpc) is 3.11. The number of para-hydroxylation sites is 2. The molecule has 2 unspecified atom stereocenters. The van der Waals surface area contributed by atoms with Gasteiger partial charge in [-0.1, -0.05) is 19.1 Å². The molecule has 1 aliphatic rings. The zero-order valence-electron chi connectivity index (χ0n) is 14.0. The van der Waals surface area contributed by atoms with Gasteiger partial charge in [-0.25, -0.2) is 4.68 Å². The molecule has 1 saturated heterocycles. The van der Waals surface area contributed by atoms with E-state index in [1.54, 1.807) is 35.4 Å². The Morgan fingerprint density at radius 1 is 1.40 bits per heavy atom. The molecule has 1 aromatic heterocycles. The molecule has 1 fully saturated rings. The smallest absolute Gasteiger partial charge is 0.294 e. The third-order valence-corrected chi connectivity index (χ3v) is 4.64. The van der Waals surface area contributed by atoms with Crippen molar-refractivity contribution in [2.75, 3.05) is 13.1 Å². The lowest BCUT2D eigenvalue weighted by atomic mass is 9.92. The van der Waals surface area contributed by atoms with Gasteiger partial charge in [0.15, 0.2) is 5.69 Å². The fourth-order valence-corrected chi connectivity index (χ4v) is 3.27. The predicted octanol–water partition coefficient (Wildman–Crippen LogP) is 1.98. The Kier molecular flexibility index (Phi) is 4.80. The summed E-state index contributed by atoms with van der Waals surface area (Å²) in [5.41, 5.74) is 6.37.